The van der Waals surface area contributed by atoms with E-state index >= 15 is 0 Å². The van der Waals surface area contributed by atoms with Gasteiger partial charge in [0.05, 0.1) is 24.7 Å². The lowest BCUT2D eigenvalue weighted by Gasteiger charge is -2.20. The second kappa shape index (κ2) is 7.40. The van der Waals surface area contributed by atoms with Gasteiger partial charge >= 0.3 is 0 Å². The average molecular weight is 329 g/mol. The molecule has 1 aliphatic heterocycles. The lowest BCUT2D eigenvalue weighted by atomic mass is 10.2. The van der Waals surface area contributed by atoms with Gasteiger partial charge in [-0.15, -0.1) is 0 Å². The SMILES string of the molecule is CCCCSC1CS(=O)(=O)CC1Nc1ccc(OC)cc1. The Kier molecular flexibility index (Phi) is 5.81. The molecule has 0 saturated carbocycles. The maximum atomic E-state index is 11.9. The number of benzene rings is 1. The van der Waals surface area contributed by atoms with E-state index in [9.17, 15) is 8.42 Å². The Morgan fingerprint density at radius 1 is 1.29 bits per heavy atom. The minimum absolute atomic E-state index is 0.00903. The van der Waals surface area contributed by atoms with Gasteiger partial charge in [-0.25, -0.2) is 8.42 Å². The molecule has 6 heteroatoms. The van der Waals surface area contributed by atoms with Crippen LogP contribution in [0.5, 0.6) is 5.75 Å². The fraction of sp³-hybridized carbons (Fsp3) is 0.600. The van der Waals surface area contributed by atoms with Crippen LogP contribution in [-0.2, 0) is 9.84 Å². The summed E-state index contributed by atoms with van der Waals surface area (Å²) in [6.45, 7) is 2.15. The van der Waals surface area contributed by atoms with Crippen LogP contribution in [0.2, 0.25) is 0 Å². The summed E-state index contributed by atoms with van der Waals surface area (Å²) in [7, 11) is -1.29. The Morgan fingerprint density at radius 2 is 2.00 bits per heavy atom. The van der Waals surface area contributed by atoms with Crippen LogP contribution in [0.4, 0.5) is 5.69 Å². The number of sulfone groups is 1. The van der Waals surface area contributed by atoms with E-state index < -0.39 is 9.84 Å². The maximum Gasteiger partial charge on any atom is 0.153 e. The van der Waals surface area contributed by atoms with Gasteiger partial charge in [0.15, 0.2) is 9.84 Å². The molecule has 118 valence electrons. The van der Waals surface area contributed by atoms with Crippen LogP contribution in [0, 0.1) is 0 Å². The van der Waals surface area contributed by atoms with Crippen molar-refractivity contribution in [2.75, 3.05) is 29.7 Å². The number of anilines is 1. The molecule has 2 atom stereocenters. The van der Waals surface area contributed by atoms with Gasteiger partial charge in [-0.2, -0.15) is 11.8 Å². The van der Waals surface area contributed by atoms with Gasteiger partial charge in [0, 0.05) is 10.9 Å². The number of hydrogen-bond donors (Lipinski definition) is 1. The summed E-state index contributed by atoms with van der Waals surface area (Å²) in [4.78, 5) is 0. The van der Waals surface area contributed by atoms with E-state index in [-0.39, 0.29) is 22.8 Å². The van der Waals surface area contributed by atoms with Crippen LogP contribution in [0.3, 0.4) is 0 Å². The zero-order valence-electron chi connectivity index (χ0n) is 12.5. The third-order valence-electron chi connectivity index (χ3n) is 3.57. The van der Waals surface area contributed by atoms with Gasteiger partial charge in [0.1, 0.15) is 5.75 Å². The quantitative estimate of drug-likeness (QED) is 0.780. The Bertz CT molecular complexity index is 543. The fourth-order valence-electron chi connectivity index (χ4n) is 2.39. The summed E-state index contributed by atoms with van der Waals surface area (Å²) >= 11 is 1.78. The van der Waals surface area contributed by atoms with Crippen LogP contribution in [0.25, 0.3) is 0 Å². The Morgan fingerprint density at radius 3 is 2.62 bits per heavy atom. The highest BCUT2D eigenvalue weighted by Gasteiger charge is 2.37. The molecule has 0 radical (unpaired) electrons. The predicted octanol–water partition coefficient (Wildman–Crippen LogP) is 2.81. The van der Waals surface area contributed by atoms with Crippen LogP contribution in [-0.4, -0.2) is 44.1 Å². The Balaban J connectivity index is 2.00. The van der Waals surface area contributed by atoms with Gasteiger partial charge in [0.25, 0.3) is 0 Å². The van der Waals surface area contributed by atoms with E-state index in [1.807, 2.05) is 24.3 Å². The molecule has 1 heterocycles. The van der Waals surface area contributed by atoms with E-state index in [0.29, 0.717) is 0 Å². The van der Waals surface area contributed by atoms with Crippen molar-refractivity contribution in [1.82, 2.24) is 0 Å². The number of methoxy groups -OCH3 is 1. The molecule has 21 heavy (non-hydrogen) atoms. The van der Waals surface area contributed by atoms with Crippen LogP contribution >= 0.6 is 11.8 Å². The molecule has 1 fully saturated rings. The van der Waals surface area contributed by atoms with Gasteiger partial charge in [-0.1, -0.05) is 13.3 Å². The normalized spacial score (nSPS) is 23.9. The second-order valence-corrected chi connectivity index (χ2v) is 8.82. The molecule has 0 spiro atoms. The Hall–Kier alpha value is -0.880. The standard InChI is InChI=1S/C15H23NO3S2/c1-3-4-9-20-15-11-21(17,18)10-14(15)16-12-5-7-13(19-2)8-6-12/h5-8,14-16H,3-4,9-11H2,1-2H3. The molecular formula is C15H23NO3S2. The van der Waals surface area contributed by atoms with Gasteiger partial charge in [0.2, 0.25) is 0 Å². The zero-order chi connectivity index (χ0) is 15.3. The molecule has 1 aromatic carbocycles. The van der Waals surface area contributed by atoms with Crippen LogP contribution < -0.4 is 10.1 Å². The van der Waals surface area contributed by atoms with Crippen LogP contribution in [0.1, 0.15) is 19.8 Å². The first-order valence-corrected chi connectivity index (χ1v) is 10.1. The molecule has 0 aromatic heterocycles. The summed E-state index contributed by atoms with van der Waals surface area (Å²) in [6, 6.07) is 7.61. The predicted molar refractivity (Wildman–Crippen MR) is 90.2 cm³/mol. The first-order chi connectivity index (χ1) is 10.0. The van der Waals surface area contributed by atoms with Crippen molar-refractivity contribution in [1.29, 1.82) is 0 Å². The molecule has 0 aliphatic carbocycles. The molecule has 1 N–H and O–H groups in total. The van der Waals surface area contributed by atoms with Crippen molar-refractivity contribution in [2.45, 2.75) is 31.1 Å². The molecule has 2 unspecified atom stereocenters. The first-order valence-electron chi connectivity index (χ1n) is 7.26. The average Bonchev–Trinajstić information content (AvgIpc) is 2.74. The lowest BCUT2D eigenvalue weighted by molar-refractivity contribution is 0.415. The van der Waals surface area contributed by atoms with Gasteiger partial charge in [-0.3, -0.25) is 0 Å². The van der Waals surface area contributed by atoms with Gasteiger partial charge < -0.3 is 10.1 Å². The third-order valence-corrected chi connectivity index (χ3v) is 6.97. The number of rotatable bonds is 7. The molecule has 0 bridgehead atoms. The largest absolute Gasteiger partial charge is 0.497 e. The lowest BCUT2D eigenvalue weighted by Crippen LogP contribution is -2.30. The third kappa shape index (κ3) is 4.81. The molecule has 1 aromatic rings. The fourth-order valence-corrected chi connectivity index (χ4v) is 6.41. The molecule has 4 nitrogen and oxygen atoms in total. The number of unbranched alkanes of at least 4 members (excludes halogenated alkanes) is 1. The Labute approximate surface area is 131 Å². The molecule has 1 aliphatic rings. The minimum atomic E-state index is -2.92. The van der Waals surface area contributed by atoms with E-state index in [2.05, 4.69) is 12.2 Å². The second-order valence-electron chi connectivity index (χ2n) is 5.32. The first kappa shape index (κ1) is 16.5. The number of thioether (sulfide) groups is 1. The van der Waals surface area contributed by atoms with E-state index in [1.165, 1.54) is 0 Å². The van der Waals surface area contributed by atoms with Gasteiger partial charge in [-0.05, 0) is 36.4 Å². The molecule has 2 rings (SSSR count). The molecule has 0 amide bonds. The highest BCUT2D eigenvalue weighted by Crippen LogP contribution is 2.28. The van der Waals surface area contributed by atoms with Crippen LogP contribution in [0.15, 0.2) is 24.3 Å². The van der Waals surface area contributed by atoms with E-state index in [1.54, 1.807) is 18.9 Å². The summed E-state index contributed by atoms with van der Waals surface area (Å²) in [5.41, 5.74) is 0.944. The van der Waals surface area contributed by atoms with Crippen molar-refractivity contribution in [3.8, 4) is 5.75 Å². The van der Waals surface area contributed by atoms with Crippen molar-refractivity contribution in [3.05, 3.63) is 24.3 Å². The summed E-state index contributed by atoms with van der Waals surface area (Å²) in [5, 5.41) is 3.51. The number of nitrogens with one attached hydrogen (secondary N) is 1. The maximum absolute atomic E-state index is 11.9. The van der Waals surface area contributed by atoms with Crippen molar-refractivity contribution >= 4 is 27.3 Å². The van der Waals surface area contributed by atoms with Crippen molar-refractivity contribution in [3.63, 3.8) is 0 Å². The minimum Gasteiger partial charge on any atom is -0.497 e. The number of hydrogen-bond acceptors (Lipinski definition) is 5. The number of ether oxygens (including phenoxy) is 1. The van der Waals surface area contributed by atoms with E-state index in [0.717, 1.165) is 30.0 Å². The summed E-state index contributed by atoms with van der Waals surface area (Å²) in [6.07, 6.45) is 2.28. The molecule has 1 saturated heterocycles. The summed E-state index contributed by atoms with van der Waals surface area (Å²) in [5.74, 6) is 2.34. The van der Waals surface area contributed by atoms with Crippen molar-refractivity contribution < 1.29 is 13.2 Å². The topological polar surface area (TPSA) is 55.4 Å². The smallest absolute Gasteiger partial charge is 0.153 e. The summed E-state index contributed by atoms with van der Waals surface area (Å²) < 4.78 is 28.9. The highest BCUT2D eigenvalue weighted by atomic mass is 32.2. The van der Waals surface area contributed by atoms with Crippen molar-refractivity contribution in [2.24, 2.45) is 0 Å². The molecular weight excluding hydrogens is 306 g/mol. The highest BCUT2D eigenvalue weighted by molar-refractivity contribution is 8.01. The monoisotopic (exact) mass is 329 g/mol. The zero-order valence-corrected chi connectivity index (χ0v) is 14.2. The van der Waals surface area contributed by atoms with E-state index in [4.69, 9.17) is 4.74 Å².